The molecule has 0 spiro atoms. The lowest BCUT2D eigenvalue weighted by Crippen LogP contribution is -2.47. The standard InChI is InChI=1S/C11H21N3O2S/c1-5-14(6-8(15)13-4)11(16)9(7(2)3)10(12)17/h7,9H,5-6H2,1-4H3,(H2,12,17)(H,13,15). The molecule has 3 N–H and O–H groups in total. The average molecular weight is 259 g/mol. The molecular formula is C11H21N3O2S. The first kappa shape index (κ1) is 15.8. The molecule has 0 bridgehead atoms. The number of amides is 2. The Morgan fingerprint density at radius 1 is 1.41 bits per heavy atom. The fraction of sp³-hybridized carbons (Fsp3) is 0.727. The van der Waals surface area contributed by atoms with E-state index in [1.54, 1.807) is 0 Å². The highest BCUT2D eigenvalue weighted by Gasteiger charge is 2.29. The molecule has 0 aromatic rings. The highest BCUT2D eigenvalue weighted by molar-refractivity contribution is 7.80. The highest BCUT2D eigenvalue weighted by atomic mass is 32.1. The van der Waals surface area contributed by atoms with Crippen molar-refractivity contribution in [1.29, 1.82) is 0 Å². The number of likely N-dealkylation sites (N-methyl/N-ethyl adjacent to an activating group) is 2. The van der Waals surface area contributed by atoms with Gasteiger partial charge in [-0.15, -0.1) is 0 Å². The van der Waals surface area contributed by atoms with Gasteiger partial charge in [-0.05, 0) is 12.8 Å². The summed E-state index contributed by atoms with van der Waals surface area (Å²) in [5, 5.41) is 2.49. The zero-order valence-electron chi connectivity index (χ0n) is 10.8. The van der Waals surface area contributed by atoms with E-state index in [9.17, 15) is 9.59 Å². The SMILES string of the molecule is CCN(CC(=O)NC)C(=O)C(C(N)=S)C(C)C. The summed E-state index contributed by atoms with van der Waals surface area (Å²) >= 11 is 4.91. The molecule has 0 aliphatic heterocycles. The molecule has 1 unspecified atom stereocenters. The van der Waals surface area contributed by atoms with Gasteiger partial charge in [-0.2, -0.15) is 0 Å². The predicted molar refractivity (Wildman–Crippen MR) is 71.4 cm³/mol. The van der Waals surface area contributed by atoms with Crippen LogP contribution in [0.25, 0.3) is 0 Å². The number of carbonyl (C=O) groups excluding carboxylic acids is 2. The molecular weight excluding hydrogens is 238 g/mol. The average Bonchev–Trinajstić information content (AvgIpc) is 2.24. The molecule has 0 radical (unpaired) electrons. The third-order valence-corrected chi connectivity index (χ3v) is 2.80. The Hall–Kier alpha value is -1.17. The molecule has 0 rings (SSSR count). The minimum Gasteiger partial charge on any atom is -0.393 e. The van der Waals surface area contributed by atoms with Crippen LogP contribution in [0.1, 0.15) is 20.8 Å². The third kappa shape index (κ3) is 4.68. The first-order valence-corrected chi connectivity index (χ1v) is 6.04. The second-order valence-electron chi connectivity index (χ2n) is 4.15. The van der Waals surface area contributed by atoms with Crippen LogP contribution in [0.15, 0.2) is 0 Å². The second kappa shape index (κ2) is 7.21. The van der Waals surface area contributed by atoms with Crippen LogP contribution in [-0.4, -0.2) is 41.8 Å². The van der Waals surface area contributed by atoms with Crippen LogP contribution in [0.5, 0.6) is 0 Å². The normalized spacial score (nSPS) is 12.1. The summed E-state index contributed by atoms with van der Waals surface area (Å²) in [7, 11) is 1.54. The van der Waals surface area contributed by atoms with E-state index in [1.165, 1.54) is 11.9 Å². The van der Waals surface area contributed by atoms with Gasteiger partial charge in [-0.25, -0.2) is 0 Å². The molecule has 6 heteroatoms. The number of thiocarbonyl (C=S) groups is 1. The van der Waals surface area contributed by atoms with E-state index in [4.69, 9.17) is 18.0 Å². The largest absolute Gasteiger partial charge is 0.393 e. The van der Waals surface area contributed by atoms with Crippen LogP contribution in [0.4, 0.5) is 0 Å². The summed E-state index contributed by atoms with van der Waals surface area (Å²) in [5.74, 6) is -0.863. The molecule has 0 fully saturated rings. The summed E-state index contributed by atoms with van der Waals surface area (Å²) < 4.78 is 0. The molecule has 0 saturated carbocycles. The Kier molecular flexibility index (Phi) is 6.72. The monoisotopic (exact) mass is 259 g/mol. The van der Waals surface area contributed by atoms with Crippen molar-refractivity contribution in [2.24, 2.45) is 17.6 Å². The molecule has 0 aliphatic carbocycles. The maximum atomic E-state index is 12.2. The molecule has 5 nitrogen and oxygen atoms in total. The molecule has 0 saturated heterocycles. The number of nitrogens with one attached hydrogen (secondary N) is 1. The number of carbonyl (C=O) groups is 2. The van der Waals surface area contributed by atoms with E-state index in [1.807, 2.05) is 20.8 Å². The number of hydrogen-bond acceptors (Lipinski definition) is 3. The molecule has 2 amide bonds. The highest BCUT2D eigenvalue weighted by Crippen LogP contribution is 2.14. The van der Waals surface area contributed by atoms with Crippen molar-refractivity contribution < 1.29 is 9.59 Å². The molecule has 0 aliphatic rings. The van der Waals surface area contributed by atoms with Gasteiger partial charge in [0.15, 0.2) is 0 Å². The summed E-state index contributed by atoms with van der Waals surface area (Å²) in [6, 6.07) is 0. The van der Waals surface area contributed by atoms with Crippen LogP contribution in [0.3, 0.4) is 0 Å². The summed E-state index contributed by atoms with van der Waals surface area (Å²) in [4.78, 5) is 25.1. The van der Waals surface area contributed by atoms with E-state index >= 15 is 0 Å². The predicted octanol–water partition coefficient (Wildman–Crippen LogP) is 0.139. The molecule has 17 heavy (non-hydrogen) atoms. The Bertz CT molecular complexity index is 305. The third-order valence-electron chi connectivity index (χ3n) is 2.55. The van der Waals surface area contributed by atoms with Gasteiger partial charge in [0.1, 0.15) is 0 Å². The lowest BCUT2D eigenvalue weighted by atomic mass is 9.94. The van der Waals surface area contributed by atoms with Gasteiger partial charge in [0.2, 0.25) is 11.8 Å². The second-order valence-corrected chi connectivity index (χ2v) is 4.62. The lowest BCUT2D eigenvalue weighted by molar-refractivity contribution is -0.138. The zero-order chi connectivity index (χ0) is 13.6. The topological polar surface area (TPSA) is 75.4 Å². The van der Waals surface area contributed by atoms with E-state index in [-0.39, 0.29) is 29.3 Å². The smallest absolute Gasteiger partial charge is 0.239 e. The minimum atomic E-state index is -0.505. The number of rotatable bonds is 6. The number of nitrogens with zero attached hydrogens (tertiary/aromatic N) is 1. The van der Waals surface area contributed by atoms with E-state index in [0.717, 1.165) is 0 Å². The number of hydrogen-bond donors (Lipinski definition) is 2. The summed E-state index contributed by atoms with van der Waals surface area (Å²) in [6.07, 6.45) is 0. The van der Waals surface area contributed by atoms with Crippen LogP contribution >= 0.6 is 12.2 Å². The van der Waals surface area contributed by atoms with Crippen LogP contribution in [0, 0.1) is 11.8 Å². The molecule has 0 heterocycles. The van der Waals surface area contributed by atoms with Crippen molar-refractivity contribution in [3.05, 3.63) is 0 Å². The Morgan fingerprint density at radius 2 is 1.94 bits per heavy atom. The Labute approximate surface area is 108 Å². The Morgan fingerprint density at radius 3 is 2.24 bits per heavy atom. The van der Waals surface area contributed by atoms with Gasteiger partial charge in [-0.1, -0.05) is 26.1 Å². The van der Waals surface area contributed by atoms with Crippen LogP contribution < -0.4 is 11.1 Å². The first-order chi connectivity index (χ1) is 7.84. The van der Waals surface area contributed by atoms with Gasteiger partial charge in [0.05, 0.1) is 17.5 Å². The summed E-state index contributed by atoms with van der Waals surface area (Å²) in [6.45, 7) is 6.08. The molecule has 98 valence electrons. The van der Waals surface area contributed by atoms with E-state index in [2.05, 4.69) is 5.32 Å². The van der Waals surface area contributed by atoms with Crippen LogP contribution in [0.2, 0.25) is 0 Å². The molecule has 0 aromatic carbocycles. The van der Waals surface area contributed by atoms with Crippen molar-refractivity contribution in [2.45, 2.75) is 20.8 Å². The summed E-state index contributed by atoms with van der Waals surface area (Å²) in [5.41, 5.74) is 5.58. The molecule has 1 atom stereocenters. The maximum Gasteiger partial charge on any atom is 0.239 e. The fourth-order valence-corrected chi connectivity index (χ4v) is 1.90. The van der Waals surface area contributed by atoms with Gasteiger partial charge < -0.3 is 16.0 Å². The maximum absolute atomic E-state index is 12.2. The van der Waals surface area contributed by atoms with Crippen molar-refractivity contribution in [1.82, 2.24) is 10.2 Å². The number of nitrogens with two attached hydrogens (primary N) is 1. The zero-order valence-corrected chi connectivity index (χ0v) is 11.6. The van der Waals surface area contributed by atoms with Gasteiger partial charge in [0, 0.05) is 13.6 Å². The van der Waals surface area contributed by atoms with Crippen molar-refractivity contribution in [2.75, 3.05) is 20.1 Å². The van der Waals surface area contributed by atoms with Crippen molar-refractivity contribution in [3.8, 4) is 0 Å². The first-order valence-electron chi connectivity index (χ1n) is 5.63. The van der Waals surface area contributed by atoms with Gasteiger partial charge in [-0.3, -0.25) is 9.59 Å². The van der Waals surface area contributed by atoms with E-state index < -0.39 is 5.92 Å². The van der Waals surface area contributed by atoms with Gasteiger partial charge >= 0.3 is 0 Å². The van der Waals surface area contributed by atoms with Crippen molar-refractivity contribution >= 4 is 29.0 Å². The fourth-order valence-electron chi connectivity index (χ4n) is 1.53. The quantitative estimate of drug-likeness (QED) is 0.665. The van der Waals surface area contributed by atoms with E-state index in [0.29, 0.717) is 6.54 Å². The van der Waals surface area contributed by atoms with Gasteiger partial charge in [0.25, 0.3) is 0 Å². The van der Waals surface area contributed by atoms with Crippen LogP contribution in [-0.2, 0) is 9.59 Å². The Balaban J connectivity index is 4.82. The lowest BCUT2D eigenvalue weighted by Gasteiger charge is -2.27. The molecule has 0 aromatic heterocycles. The van der Waals surface area contributed by atoms with Crippen molar-refractivity contribution in [3.63, 3.8) is 0 Å². The minimum absolute atomic E-state index is 0.0266.